The van der Waals surface area contributed by atoms with Gasteiger partial charge in [0.25, 0.3) is 5.69 Å². The average molecular weight is 221 g/mol. The van der Waals surface area contributed by atoms with Crippen LogP contribution in [0.2, 0.25) is 0 Å². The Labute approximate surface area is 94.0 Å². The van der Waals surface area contributed by atoms with Crippen molar-refractivity contribution in [2.24, 2.45) is 0 Å². The fraction of sp³-hybridized carbons (Fsp3) is 0.455. The molecule has 1 aromatic carbocycles. The first-order chi connectivity index (χ1) is 7.77. The summed E-state index contributed by atoms with van der Waals surface area (Å²) in [7, 11) is 0. The van der Waals surface area contributed by atoms with Crippen LogP contribution >= 0.6 is 0 Å². The van der Waals surface area contributed by atoms with Crippen LogP contribution in [-0.2, 0) is 0 Å². The molecule has 0 unspecified atom stereocenters. The summed E-state index contributed by atoms with van der Waals surface area (Å²) in [6, 6.07) is 7.13. The van der Waals surface area contributed by atoms with Gasteiger partial charge in [0.05, 0.1) is 4.92 Å². The number of nitrogens with zero attached hydrogens (tertiary/aromatic N) is 1. The molecule has 1 aliphatic rings. The quantitative estimate of drug-likeness (QED) is 0.603. The molecule has 16 heavy (non-hydrogen) atoms. The molecule has 1 fully saturated rings. The first kappa shape index (κ1) is 10.9. The Bertz CT molecular complexity index is 375. The zero-order chi connectivity index (χ0) is 11.4. The van der Waals surface area contributed by atoms with E-state index >= 15 is 0 Å². The summed E-state index contributed by atoms with van der Waals surface area (Å²) < 4.78 is 0. The molecule has 1 aromatic rings. The Morgan fingerprint density at radius 1 is 1.31 bits per heavy atom. The molecule has 0 aliphatic carbocycles. The van der Waals surface area contributed by atoms with Gasteiger partial charge in [-0.1, -0.05) is 12.1 Å². The number of piperidine rings is 1. The van der Waals surface area contributed by atoms with E-state index in [1.54, 1.807) is 12.1 Å². The number of nitro groups is 1. The van der Waals surface area contributed by atoms with E-state index in [1.807, 2.05) is 6.07 Å². The lowest BCUT2D eigenvalue weighted by Gasteiger charge is -2.24. The minimum atomic E-state index is -0.344. The van der Waals surface area contributed by atoms with Crippen molar-refractivity contribution in [1.29, 1.82) is 0 Å². The van der Waals surface area contributed by atoms with Gasteiger partial charge in [-0.15, -0.1) is 0 Å². The van der Waals surface area contributed by atoms with Gasteiger partial charge in [-0.2, -0.15) is 0 Å². The second-order valence-corrected chi connectivity index (χ2v) is 3.94. The van der Waals surface area contributed by atoms with E-state index < -0.39 is 0 Å². The Balaban J connectivity index is 2.10. The highest BCUT2D eigenvalue weighted by molar-refractivity contribution is 5.61. The van der Waals surface area contributed by atoms with E-state index in [9.17, 15) is 10.1 Å². The van der Waals surface area contributed by atoms with Crippen LogP contribution in [0.25, 0.3) is 0 Å². The van der Waals surface area contributed by atoms with Crippen molar-refractivity contribution < 1.29 is 4.92 Å². The molecule has 5 heteroatoms. The molecule has 2 N–H and O–H groups in total. The van der Waals surface area contributed by atoms with Crippen LogP contribution in [-0.4, -0.2) is 24.1 Å². The van der Waals surface area contributed by atoms with Gasteiger partial charge < -0.3 is 10.6 Å². The first-order valence-corrected chi connectivity index (χ1v) is 5.48. The summed E-state index contributed by atoms with van der Waals surface area (Å²) in [5.41, 5.74) is 0.778. The fourth-order valence-electron chi connectivity index (χ4n) is 1.94. The summed E-state index contributed by atoms with van der Waals surface area (Å²) in [6.07, 6.45) is 2.01. The largest absolute Gasteiger partial charge is 0.377 e. The Kier molecular flexibility index (Phi) is 3.36. The third-order valence-corrected chi connectivity index (χ3v) is 2.80. The van der Waals surface area contributed by atoms with E-state index in [0.717, 1.165) is 25.9 Å². The molecular formula is C11H15N3O2. The van der Waals surface area contributed by atoms with Crippen LogP contribution in [0.1, 0.15) is 12.8 Å². The highest BCUT2D eigenvalue weighted by atomic mass is 16.6. The smallest absolute Gasteiger partial charge is 0.292 e. The average Bonchev–Trinajstić information content (AvgIpc) is 2.31. The summed E-state index contributed by atoms with van der Waals surface area (Å²) in [4.78, 5) is 10.5. The normalized spacial score (nSPS) is 17.0. The van der Waals surface area contributed by atoms with E-state index in [-0.39, 0.29) is 10.6 Å². The Hall–Kier alpha value is -1.62. The van der Waals surface area contributed by atoms with Gasteiger partial charge in [-0.05, 0) is 32.0 Å². The zero-order valence-corrected chi connectivity index (χ0v) is 8.98. The Morgan fingerprint density at radius 2 is 2.00 bits per heavy atom. The summed E-state index contributed by atoms with van der Waals surface area (Å²) in [5, 5.41) is 17.3. The van der Waals surface area contributed by atoms with Gasteiger partial charge in [-0.25, -0.2) is 0 Å². The molecule has 2 rings (SSSR count). The van der Waals surface area contributed by atoms with Crippen LogP contribution in [0.5, 0.6) is 0 Å². The summed E-state index contributed by atoms with van der Waals surface area (Å²) >= 11 is 0. The lowest BCUT2D eigenvalue weighted by molar-refractivity contribution is -0.384. The zero-order valence-electron chi connectivity index (χ0n) is 8.98. The highest BCUT2D eigenvalue weighted by Crippen LogP contribution is 2.25. The van der Waals surface area contributed by atoms with Crippen molar-refractivity contribution in [3.05, 3.63) is 34.4 Å². The molecule has 1 saturated heterocycles. The highest BCUT2D eigenvalue weighted by Gasteiger charge is 2.17. The number of nitro benzene ring substituents is 1. The monoisotopic (exact) mass is 221 g/mol. The minimum absolute atomic E-state index is 0.154. The first-order valence-electron chi connectivity index (χ1n) is 5.48. The van der Waals surface area contributed by atoms with Crippen molar-refractivity contribution in [3.63, 3.8) is 0 Å². The summed E-state index contributed by atoms with van der Waals surface area (Å²) in [5.74, 6) is 0. The number of benzene rings is 1. The molecule has 0 bridgehead atoms. The maximum absolute atomic E-state index is 10.8. The van der Waals surface area contributed by atoms with Crippen LogP contribution < -0.4 is 10.6 Å². The van der Waals surface area contributed by atoms with Crippen molar-refractivity contribution in [1.82, 2.24) is 5.32 Å². The molecular weight excluding hydrogens is 206 g/mol. The van der Waals surface area contributed by atoms with Crippen LogP contribution in [0.4, 0.5) is 11.4 Å². The third-order valence-electron chi connectivity index (χ3n) is 2.80. The molecule has 0 spiro atoms. The van der Waals surface area contributed by atoms with Crippen molar-refractivity contribution in [2.75, 3.05) is 18.4 Å². The van der Waals surface area contributed by atoms with Crippen molar-refractivity contribution in [3.8, 4) is 0 Å². The maximum atomic E-state index is 10.8. The van der Waals surface area contributed by atoms with Gasteiger partial charge >= 0.3 is 0 Å². The second kappa shape index (κ2) is 4.94. The molecule has 1 aliphatic heterocycles. The number of anilines is 1. The van der Waals surface area contributed by atoms with Gasteiger partial charge in [-0.3, -0.25) is 10.1 Å². The molecule has 0 saturated carbocycles. The lowest BCUT2D eigenvalue weighted by Crippen LogP contribution is -2.35. The second-order valence-electron chi connectivity index (χ2n) is 3.94. The van der Waals surface area contributed by atoms with Crippen molar-refractivity contribution in [2.45, 2.75) is 18.9 Å². The number of nitrogens with one attached hydrogen (secondary N) is 2. The number of hydrogen-bond donors (Lipinski definition) is 2. The molecule has 0 aromatic heterocycles. The van der Waals surface area contributed by atoms with E-state index in [1.165, 1.54) is 6.07 Å². The number of para-hydroxylation sites is 2. The minimum Gasteiger partial charge on any atom is -0.377 e. The molecule has 0 radical (unpaired) electrons. The summed E-state index contributed by atoms with van der Waals surface area (Å²) in [6.45, 7) is 1.94. The fourth-order valence-corrected chi connectivity index (χ4v) is 1.94. The predicted molar refractivity (Wildman–Crippen MR) is 62.6 cm³/mol. The van der Waals surface area contributed by atoms with Gasteiger partial charge in [0.15, 0.2) is 0 Å². The van der Waals surface area contributed by atoms with E-state index in [4.69, 9.17) is 0 Å². The maximum Gasteiger partial charge on any atom is 0.292 e. The van der Waals surface area contributed by atoms with Crippen LogP contribution in [0.15, 0.2) is 24.3 Å². The number of rotatable bonds is 3. The van der Waals surface area contributed by atoms with Gasteiger partial charge in [0.2, 0.25) is 0 Å². The van der Waals surface area contributed by atoms with Crippen LogP contribution in [0.3, 0.4) is 0 Å². The topological polar surface area (TPSA) is 67.2 Å². The van der Waals surface area contributed by atoms with Crippen LogP contribution in [0, 0.1) is 10.1 Å². The molecule has 5 nitrogen and oxygen atoms in total. The van der Waals surface area contributed by atoms with E-state index in [0.29, 0.717) is 11.7 Å². The predicted octanol–water partition coefficient (Wildman–Crippen LogP) is 1.76. The third kappa shape index (κ3) is 2.49. The van der Waals surface area contributed by atoms with Crippen molar-refractivity contribution >= 4 is 11.4 Å². The van der Waals surface area contributed by atoms with E-state index in [2.05, 4.69) is 10.6 Å². The molecule has 86 valence electrons. The lowest BCUT2D eigenvalue weighted by atomic mass is 10.1. The molecule has 0 atom stereocenters. The number of hydrogen-bond acceptors (Lipinski definition) is 4. The van der Waals surface area contributed by atoms with Gasteiger partial charge in [0.1, 0.15) is 5.69 Å². The molecule has 0 amide bonds. The standard InChI is InChI=1S/C11H15N3O2/c15-14(16)11-4-2-1-3-10(11)13-9-5-7-12-8-6-9/h1-4,9,12-13H,5-8H2. The Morgan fingerprint density at radius 3 is 2.69 bits per heavy atom. The SMILES string of the molecule is O=[N+]([O-])c1ccccc1NC1CCNCC1. The van der Waals surface area contributed by atoms with Gasteiger partial charge in [0, 0.05) is 12.1 Å². The molecule has 1 heterocycles.